The lowest BCUT2D eigenvalue weighted by Crippen LogP contribution is -2.12. The number of aryl methyl sites for hydroxylation is 1. The van der Waals surface area contributed by atoms with Gasteiger partial charge >= 0.3 is 0 Å². The van der Waals surface area contributed by atoms with Gasteiger partial charge in [0.2, 0.25) is 0 Å². The van der Waals surface area contributed by atoms with Crippen LogP contribution in [0.1, 0.15) is 6.42 Å². The van der Waals surface area contributed by atoms with Crippen molar-refractivity contribution in [3.05, 3.63) is 29.3 Å². The van der Waals surface area contributed by atoms with E-state index >= 15 is 0 Å². The zero-order valence-electron chi connectivity index (χ0n) is 9.67. The highest BCUT2D eigenvalue weighted by molar-refractivity contribution is 9.10. The molecule has 0 saturated carbocycles. The Morgan fingerprint density at radius 3 is 2.89 bits per heavy atom. The third kappa shape index (κ3) is 3.17. The molecule has 4 N–H and O–H groups in total. The molecule has 7 nitrogen and oxygen atoms in total. The van der Waals surface area contributed by atoms with Gasteiger partial charge in [0.05, 0.1) is 0 Å². The molecule has 0 fully saturated rings. The number of hydrogen-bond acceptors (Lipinski definition) is 6. The van der Waals surface area contributed by atoms with Crippen LogP contribution in [0.3, 0.4) is 0 Å². The summed E-state index contributed by atoms with van der Waals surface area (Å²) in [6, 6.07) is 1.91. The van der Waals surface area contributed by atoms with Gasteiger partial charge in [-0.2, -0.15) is 5.10 Å². The number of rotatable bonds is 6. The molecule has 0 radical (unpaired) electrons. The maximum atomic E-state index is 5.33. The Hall–Kier alpha value is -1.67. The molecule has 0 aliphatic heterocycles. The average Bonchev–Trinajstić information content (AvgIpc) is 2.89. The Morgan fingerprint density at radius 1 is 1.33 bits per heavy atom. The van der Waals surface area contributed by atoms with Crippen molar-refractivity contribution in [3.8, 4) is 0 Å². The van der Waals surface area contributed by atoms with Crippen molar-refractivity contribution >= 4 is 27.6 Å². The number of nitrogen functional groups attached to an aromatic ring is 1. The summed E-state index contributed by atoms with van der Waals surface area (Å²) in [4.78, 5) is 8.11. The third-order valence-electron chi connectivity index (χ3n) is 2.34. The molecule has 96 valence electrons. The summed E-state index contributed by atoms with van der Waals surface area (Å²) >= 11 is 3.38. The molecule has 0 saturated heterocycles. The van der Waals surface area contributed by atoms with Crippen molar-refractivity contribution < 1.29 is 0 Å². The van der Waals surface area contributed by atoms with Crippen molar-refractivity contribution in [2.45, 2.75) is 13.0 Å². The van der Waals surface area contributed by atoms with Crippen LogP contribution in [-0.4, -0.2) is 26.3 Å². The molecule has 2 aromatic heterocycles. The lowest BCUT2D eigenvalue weighted by molar-refractivity contribution is 0.591. The van der Waals surface area contributed by atoms with Gasteiger partial charge < -0.3 is 10.7 Å². The van der Waals surface area contributed by atoms with Crippen LogP contribution in [0.15, 0.2) is 29.3 Å². The van der Waals surface area contributed by atoms with Crippen LogP contribution >= 0.6 is 15.9 Å². The predicted octanol–water partition coefficient (Wildman–Crippen LogP) is 1.22. The fraction of sp³-hybridized carbons (Fsp3) is 0.300. The molecule has 0 amide bonds. The number of aromatic nitrogens is 4. The van der Waals surface area contributed by atoms with Crippen LogP contribution < -0.4 is 16.6 Å². The minimum atomic E-state index is 0.555. The van der Waals surface area contributed by atoms with Crippen molar-refractivity contribution in [3.63, 3.8) is 0 Å². The molecule has 2 heterocycles. The summed E-state index contributed by atoms with van der Waals surface area (Å²) in [5, 5.41) is 7.35. The second-order valence-corrected chi connectivity index (χ2v) is 4.37. The van der Waals surface area contributed by atoms with Crippen molar-refractivity contribution in [2.75, 3.05) is 17.3 Å². The zero-order chi connectivity index (χ0) is 12.8. The molecule has 0 aliphatic rings. The quantitative estimate of drug-likeness (QED) is 0.422. The Labute approximate surface area is 113 Å². The second kappa shape index (κ2) is 6.31. The number of hydrazine groups is 1. The topological polar surface area (TPSA) is 93.7 Å². The van der Waals surface area contributed by atoms with Gasteiger partial charge in [0.25, 0.3) is 0 Å². The summed E-state index contributed by atoms with van der Waals surface area (Å²) in [6.07, 6.45) is 6.12. The number of hydrogen-bond donors (Lipinski definition) is 3. The summed E-state index contributed by atoms with van der Waals surface area (Å²) in [5.41, 5.74) is 2.50. The fourth-order valence-corrected chi connectivity index (χ4v) is 1.93. The second-order valence-electron chi connectivity index (χ2n) is 3.58. The highest BCUT2D eigenvalue weighted by atomic mass is 79.9. The fourth-order valence-electron chi connectivity index (χ4n) is 1.47. The molecule has 0 bridgehead atoms. The van der Waals surface area contributed by atoms with Gasteiger partial charge in [-0.1, -0.05) is 0 Å². The Balaban J connectivity index is 1.83. The van der Waals surface area contributed by atoms with Crippen LogP contribution in [0.25, 0.3) is 0 Å². The monoisotopic (exact) mass is 311 g/mol. The molecule has 0 unspecified atom stereocenters. The summed E-state index contributed by atoms with van der Waals surface area (Å²) < 4.78 is 2.62. The normalized spacial score (nSPS) is 10.3. The van der Waals surface area contributed by atoms with E-state index in [9.17, 15) is 0 Å². The van der Waals surface area contributed by atoms with E-state index in [0.29, 0.717) is 5.82 Å². The van der Waals surface area contributed by atoms with Crippen LogP contribution in [0.4, 0.5) is 11.6 Å². The molecule has 2 rings (SSSR count). The van der Waals surface area contributed by atoms with Crippen molar-refractivity contribution in [2.24, 2.45) is 5.84 Å². The molecule has 18 heavy (non-hydrogen) atoms. The van der Waals surface area contributed by atoms with Crippen molar-refractivity contribution in [1.82, 2.24) is 19.7 Å². The molecule has 0 atom stereocenters. The molecule has 0 spiro atoms. The average molecular weight is 312 g/mol. The van der Waals surface area contributed by atoms with E-state index < -0.39 is 0 Å². The molecule has 8 heteroatoms. The van der Waals surface area contributed by atoms with Gasteiger partial charge in [0, 0.05) is 25.5 Å². The maximum absolute atomic E-state index is 5.33. The van der Waals surface area contributed by atoms with Gasteiger partial charge in [-0.05, 0) is 28.4 Å². The van der Waals surface area contributed by atoms with E-state index in [1.54, 1.807) is 6.20 Å². The van der Waals surface area contributed by atoms with Crippen LogP contribution in [0, 0.1) is 0 Å². The Morgan fingerprint density at radius 2 is 2.17 bits per heavy atom. The van der Waals surface area contributed by atoms with Crippen molar-refractivity contribution in [1.29, 1.82) is 0 Å². The van der Waals surface area contributed by atoms with Gasteiger partial charge in [-0.25, -0.2) is 15.8 Å². The minimum Gasteiger partial charge on any atom is -0.369 e. The molecule has 2 aromatic rings. The van der Waals surface area contributed by atoms with E-state index in [2.05, 4.69) is 41.7 Å². The summed E-state index contributed by atoms with van der Waals surface area (Å²) in [7, 11) is 0. The highest BCUT2D eigenvalue weighted by Crippen LogP contribution is 2.25. The first kappa shape index (κ1) is 12.8. The van der Waals surface area contributed by atoms with Gasteiger partial charge in [-0.15, -0.1) is 0 Å². The lowest BCUT2D eigenvalue weighted by Gasteiger charge is -2.09. The number of nitrogens with one attached hydrogen (secondary N) is 2. The Bertz CT molecular complexity index is 485. The number of nitrogens with zero attached hydrogens (tertiary/aromatic N) is 4. The highest BCUT2D eigenvalue weighted by Gasteiger charge is 2.06. The summed E-state index contributed by atoms with van der Waals surface area (Å²) in [6.45, 7) is 1.66. The predicted molar refractivity (Wildman–Crippen MR) is 72.9 cm³/mol. The molecular formula is C10H14BrN7. The van der Waals surface area contributed by atoms with E-state index in [1.165, 1.54) is 6.33 Å². The van der Waals surface area contributed by atoms with E-state index in [-0.39, 0.29) is 0 Å². The first-order chi connectivity index (χ1) is 8.81. The van der Waals surface area contributed by atoms with E-state index in [1.807, 2.05) is 16.9 Å². The first-order valence-electron chi connectivity index (χ1n) is 5.49. The van der Waals surface area contributed by atoms with Crippen LogP contribution in [0.2, 0.25) is 0 Å². The maximum Gasteiger partial charge on any atom is 0.159 e. The van der Waals surface area contributed by atoms with E-state index in [0.717, 1.165) is 29.8 Å². The molecule has 0 aromatic carbocycles. The van der Waals surface area contributed by atoms with Gasteiger partial charge in [0.15, 0.2) is 5.82 Å². The minimum absolute atomic E-state index is 0.555. The van der Waals surface area contributed by atoms with Gasteiger partial charge in [0.1, 0.15) is 16.6 Å². The van der Waals surface area contributed by atoms with Crippen LogP contribution in [0.5, 0.6) is 0 Å². The largest absolute Gasteiger partial charge is 0.369 e. The lowest BCUT2D eigenvalue weighted by atomic mass is 10.4. The zero-order valence-corrected chi connectivity index (χ0v) is 11.3. The number of halogens is 1. The van der Waals surface area contributed by atoms with Gasteiger partial charge in [-0.3, -0.25) is 4.68 Å². The molecular weight excluding hydrogens is 298 g/mol. The standard InChI is InChI=1S/C10H14BrN7/c11-8-9(14-7-15-10(8)17-12)13-3-1-5-18-6-2-4-16-18/h2,4,6-7H,1,3,5,12H2,(H2,13,14,15,17). The summed E-state index contributed by atoms with van der Waals surface area (Å²) in [5.74, 6) is 6.60. The third-order valence-corrected chi connectivity index (χ3v) is 3.09. The van der Waals surface area contributed by atoms with E-state index in [4.69, 9.17) is 5.84 Å². The number of anilines is 2. The van der Waals surface area contributed by atoms with Crippen LogP contribution in [-0.2, 0) is 6.54 Å². The SMILES string of the molecule is NNc1ncnc(NCCCn2cccn2)c1Br. The number of nitrogens with two attached hydrogens (primary N) is 1. The molecule has 0 aliphatic carbocycles. The smallest absolute Gasteiger partial charge is 0.159 e. The first-order valence-corrected chi connectivity index (χ1v) is 6.29. The Kier molecular flexibility index (Phi) is 4.48.